The zero-order valence-corrected chi connectivity index (χ0v) is 13.7. The average molecular weight is 326 g/mol. The number of aryl methyl sites for hydroxylation is 1. The molecule has 3 N–H and O–H groups in total. The van der Waals surface area contributed by atoms with Gasteiger partial charge in [0.05, 0.1) is 5.69 Å². The molecule has 1 unspecified atom stereocenters. The Labute approximate surface area is 141 Å². The highest BCUT2D eigenvalue weighted by molar-refractivity contribution is 5.95. The molecule has 1 aliphatic carbocycles. The largest absolute Gasteiger partial charge is 0.396 e. The zero-order chi connectivity index (χ0) is 16.9. The van der Waals surface area contributed by atoms with E-state index in [2.05, 4.69) is 20.8 Å². The summed E-state index contributed by atoms with van der Waals surface area (Å²) in [5.41, 5.74) is 2.22. The van der Waals surface area contributed by atoms with Crippen LogP contribution >= 0.6 is 0 Å². The Morgan fingerprint density at radius 2 is 2.12 bits per heavy atom. The summed E-state index contributed by atoms with van der Waals surface area (Å²) in [7, 11) is 0. The normalized spacial score (nSPS) is 14.9. The predicted octanol–water partition coefficient (Wildman–Crippen LogP) is 2.42. The summed E-state index contributed by atoms with van der Waals surface area (Å²) in [6, 6.07) is 11.1. The maximum absolute atomic E-state index is 12.5. The van der Waals surface area contributed by atoms with E-state index in [4.69, 9.17) is 5.11 Å². The highest BCUT2D eigenvalue weighted by Crippen LogP contribution is 2.34. The van der Waals surface area contributed by atoms with E-state index in [-0.39, 0.29) is 18.6 Å². The third kappa shape index (κ3) is 4.29. The van der Waals surface area contributed by atoms with E-state index in [0.717, 1.165) is 24.2 Å². The summed E-state index contributed by atoms with van der Waals surface area (Å²) >= 11 is 0. The van der Waals surface area contributed by atoms with Crippen molar-refractivity contribution in [1.82, 2.24) is 15.5 Å². The van der Waals surface area contributed by atoms with E-state index in [1.807, 2.05) is 31.2 Å². The van der Waals surface area contributed by atoms with Crippen LogP contribution in [0.15, 0.2) is 36.4 Å². The van der Waals surface area contributed by atoms with Gasteiger partial charge in [-0.2, -0.15) is 5.10 Å². The first-order valence-corrected chi connectivity index (χ1v) is 8.25. The SMILES string of the molecule is Cc1ccc(Nc2cccc(C(=O)NC(CCO)C3CC3)c2)nn1. The van der Waals surface area contributed by atoms with Gasteiger partial charge in [-0.15, -0.1) is 5.10 Å². The number of carbonyl (C=O) groups excluding carboxylic acids is 1. The third-order valence-electron chi connectivity index (χ3n) is 4.14. The molecule has 1 atom stereocenters. The van der Waals surface area contributed by atoms with Crippen LogP contribution in [0.25, 0.3) is 0 Å². The number of aromatic nitrogens is 2. The number of carbonyl (C=O) groups is 1. The zero-order valence-electron chi connectivity index (χ0n) is 13.7. The molecule has 0 radical (unpaired) electrons. The Balaban J connectivity index is 1.67. The minimum atomic E-state index is -0.112. The molecule has 6 nitrogen and oxygen atoms in total. The number of anilines is 2. The summed E-state index contributed by atoms with van der Waals surface area (Å²) in [4.78, 5) is 12.5. The second kappa shape index (κ2) is 7.40. The van der Waals surface area contributed by atoms with Gasteiger partial charge in [-0.3, -0.25) is 4.79 Å². The summed E-state index contributed by atoms with van der Waals surface area (Å²) in [5.74, 6) is 1.03. The molecule has 1 aliphatic rings. The van der Waals surface area contributed by atoms with Crippen LogP contribution in [0.5, 0.6) is 0 Å². The topological polar surface area (TPSA) is 87.1 Å². The fourth-order valence-corrected chi connectivity index (χ4v) is 2.67. The number of nitrogens with one attached hydrogen (secondary N) is 2. The van der Waals surface area contributed by atoms with Crippen molar-refractivity contribution in [3.63, 3.8) is 0 Å². The Morgan fingerprint density at radius 3 is 2.79 bits per heavy atom. The fraction of sp³-hybridized carbons (Fsp3) is 0.389. The quantitative estimate of drug-likeness (QED) is 0.727. The molecule has 126 valence electrons. The number of nitrogens with zero attached hydrogens (tertiary/aromatic N) is 2. The van der Waals surface area contributed by atoms with Gasteiger partial charge in [-0.05, 0) is 62.4 Å². The van der Waals surface area contributed by atoms with Crippen LogP contribution in [0, 0.1) is 12.8 Å². The van der Waals surface area contributed by atoms with Crippen molar-refractivity contribution in [2.24, 2.45) is 5.92 Å². The maximum atomic E-state index is 12.5. The number of aliphatic hydroxyl groups is 1. The Bertz CT molecular complexity index is 698. The van der Waals surface area contributed by atoms with Crippen molar-refractivity contribution in [3.8, 4) is 0 Å². The molecule has 0 bridgehead atoms. The molecule has 1 saturated carbocycles. The summed E-state index contributed by atoms with van der Waals surface area (Å²) in [5, 5.41) is 23.4. The lowest BCUT2D eigenvalue weighted by Gasteiger charge is -2.17. The number of rotatable bonds is 7. The molecule has 1 amide bonds. The molecule has 0 saturated heterocycles. The molecule has 0 spiro atoms. The van der Waals surface area contributed by atoms with Crippen LogP contribution in [-0.4, -0.2) is 33.9 Å². The standard InChI is InChI=1S/C18H22N4O2/c1-12-5-8-17(22-21-12)19-15-4-2-3-14(11-15)18(24)20-16(9-10-23)13-6-7-13/h2-5,8,11,13,16,23H,6-7,9-10H2,1H3,(H,19,22)(H,20,24). The van der Waals surface area contributed by atoms with E-state index < -0.39 is 0 Å². The molecule has 24 heavy (non-hydrogen) atoms. The van der Waals surface area contributed by atoms with Crippen molar-refractivity contribution in [3.05, 3.63) is 47.7 Å². The Morgan fingerprint density at radius 1 is 1.29 bits per heavy atom. The Hall–Kier alpha value is -2.47. The molecule has 6 heteroatoms. The fourth-order valence-electron chi connectivity index (χ4n) is 2.67. The monoisotopic (exact) mass is 326 g/mol. The lowest BCUT2D eigenvalue weighted by Crippen LogP contribution is -2.37. The van der Waals surface area contributed by atoms with E-state index in [1.54, 1.807) is 12.1 Å². The van der Waals surface area contributed by atoms with Crippen molar-refractivity contribution < 1.29 is 9.90 Å². The van der Waals surface area contributed by atoms with E-state index >= 15 is 0 Å². The second-order valence-electron chi connectivity index (χ2n) is 6.20. The number of amides is 1. The number of hydrogen-bond donors (Lipinski definition) is 3. The predicted molar refractivity (Wildman–Crippen MR) is 92.2 cm³/mol. The maximum Gasteiger partial charge on any atom is 0.251 e. The van der Waals surface area contributed by atoms with Crippen LogP contribution in [-0.2, 0) is 0 Å². The molecule has 1 aromatic heterocycles. The first-order valence-electron chi connectivity index (χ1n) is 8.25. The van der Waals surface area contributed by atoms with Gasteiger partial charge in [0.25, 0.3) is 5.91 Å². The van der Waals surface area contributed by atoms with E-state index in [1.165, 1.54) is 0 Å². The lowest BCUT2D eigenvalue weighted by atomic mass is 10.1. The lowest BCUT2D eigenvalue weighted by molar-refractivity contribution is 0.0924. The molecular formula is C18H22N4O2. The molecule has 0 aliphatic heterocycles. The van der Waals surface area contributed by atoms with Gasteiger partial charge >= 0.3 is 0 Å². The van der Waals surface area contributed by atoms with Gasteiger partial charge in [0.2, 0.25) is 0 Å². The van der Waals surface area contributed by atoms with Gasteiger partial charge in [0, 0.05) is 23.9 Å². The molecule has 1 heterocycles. The van der Waals surface area contributed by atoms with Gasteiger partial charge in [0.15, 0.2) is 5.82 Å². The minimum absolute atomic E-state index is 0.0575. The van der Waals surface area contributed by atoms with Crippen LogP contribution in [0.1, 0.15) is 35.3 Å². The smallest absolute Gasteiger partial charge is 0.251 e. The van der Waals surface area contributed by atoms with Crippen LogP contribution < -0.4 is 10.6 Å². The third-order valence-corrected chi connectivity index (χ3v) is 4.14. The highest BCUT2D eigenvalue weighted by Gasteiger charge is 2.31. The van der Waals surface area contributed by atoms with Crippen LogP contribution in [0.3, 0.4) is 0 Å². The minimum Gasteiger partial charge on any atom is -0.396 e. The molecule has 1 fully saturated rings. The van der Waals surface area contributed by atoms with Crippen molar-refractivity contribution in [2.75, 3.05) is 11.9 Å². The first-order chi connectivity index (χ1) is 11.7. The van der Waals surface area contributed by atoms with Crippen molar-refractivity contribution in [2.45, 2.75) is 32.2 Å². The Kier molecular flexibility index (Phi) is 5.05. The molecular weight excluding hydrogens is 304 g/mol. The number of benzene rings is 1. The van der Waals surface area contributed by atoms with Gasteiger partial charge in [0.1, 0.15) is 0 Å². The van der Waals surface area contributed by atoms with Gasteiger partial charge in [-0.1, -0.05) is 6.07 Å². The van der Waals surface area contributed by atoms with Crippen LogP contribution in [0.2, 0.25) is 0 Å². The van der Waals surface area contributed by atoms with Crippen molar-refractivity contribution >= 4 is 17.4 Å². The highest BCUT2D eigenvalue weighted by atomic mass is 16.3. The second-order valence-corrected chi connectivity index (χ2v) is 6.20. The number of hydrogen-bond acceptors (Lipinski definition) is 5. The average Bonchev–Trinajstić information content (AvgIpc) is 3.42. The first kappa shape index (κ1) is 16.4. The van der Waals surface area contributed by atoms with Gasteiger partial charge in [-0.25, -0.2) is 0 Å². The van der Waals surface area contributed by atoms with E-state index in [0.29, 0.717) is 23.7 Å². The molecule has 2 aromatic rings. The summed E-state index contributed by atoms with van der Waals surface area (Å²) < 4.78 is 0. The van der Waals surface area contributed by atoms with Crippen molar-refractivity contribution in [1.29, 1.82) is 0 Å². The summed E-state index contributed by atoms with van der Waals surface area (Å²) in [6.45, 7) is 1.97. The van der Waals surface area contributed by atoms with E-state index in [9.17, 15) is 4.79 Å². The van der Waals surface area contributed by atoms with Gasteiger partial charge < -0.3 is 15.7 Å². The number of aliphatic hydroxyl groups excluding tert-OH is 1. The van der Waals surface area contributed by atoms with Crippen LogP contribution in [0.4, 0.5) is 11.5 Å². The molecule has 1 aromatic carbocycles. The summed E-state index contributed by atoms with van der Waals surface area (Å²) in [6.07, 6.45) is 2.85. The molecule has 3 rings (SSSR count).